The van der Waals surface area contributed by atoms with E-state index in [-0.39, 0.29) is 17.3 Å². The Balaban J connectivity index is 1.12. The maximum atomic E-state index is 15.9. The Hall–Kier alpha value is -10.6. The highest BCUT2D eigenvalue weighted by molar-refractivity contribution is 6.17. The van der Waals surface area contributed by atoms with Gasteiger partial charge in [0.25, 0.3) is 0 Å². The van der Waals surface area contributed by atoms with Gasteiger partial charge in [-0.25, -0.2) is 0 Å². The van der Waals surface area contributed by atoms with Crippen molar-refractivity contribution in [1.82, 2.24) is 0 Å². The van der Waals surface area contributed by atoms with Gasteiger partial charge < -0.3 is 0 Å². The molecule has 13 rings (SSSR count). The van der Waals surface area contributed by atoms with Gasteiger partial charge in [0.15, 0.2) is 17.3 Å². The average molecular weight is 1040 g/mol. The average Bonchev–Trinajstić information content (AvgIpc) is 3.43. The molecular weight excluding hydrogens is 985 g/mol. The monoisotopic (exact) mass is 1040 g/mol. The molecule has 0 radical (unpaired) electrons. The van der Waals surface area contributed by atoms with Crippen LogP contribution in [-0.4, -0.2) is 17.3 Å². The summed E-state index contributed by atoms with van der Waals surface area (Å²) in [6.45, 7) is 4.88. The number of hydrogen-bond donors (Lipinski definition) is 0. The second-order valence-corrected chi connectivity index (χ2v) is 20.6. The van der Waals surface area contributed by atoms with Crippen LogP contribution in [0.4, 0.5) is 0 Å². The molecule has 12 aromatic carbocycles. The Kier molecular flexibility index (Phi) is 13.1. The number of ketones is 3. The molecular formula is C78H52O3. The predicted octanol–water partition coefficient (Wildman–Crippen LogP) is 18.5. The summed E-state index contributed by atoms with van der Waals surface area (Å²) in [5, 5.41) is 0. The first kappa shape index (κ1) is 49.9. The van der Waals surface area contributed by atoms with Gasteiger partial charge in [0, 0.05) is 33.4 Å². The summed E-state index contributed by atoms with van der Waals surface area (Å²) in [7, 11) is 0. The zero-order chi connectivity index (χ0) is 54.9. The van der Waals surface area contributed by atoms with Crippen LogP contribution in [0.1, 0.15) is 81.1 Å². The molecule has 3 heteroatoms. The van der Waals surface area contributed by atoms with E-state index in [2.05, 4.69) is 66.7 Å². The molecule has 3 nitrogen and oxygen atoms in total. The molecule has 0 saturated heterocycles. The summed E-state index contributed by atoms with van der Waals surface area (Å²) in [5.74, 6) is -0.625. The first-order chi connectivity index (χ1) is 39.9. The van der Waals surface area contributed by atoms with E-state index in [1.54, 1.807) is 6.07 Å². The first-order valence-electron chi connectivity index (χ1n) is 27.3. The van der Waals surface area contributed by atoms with E-state index < -0.39 is 5.41 Å². The Morgan fingerprint density at radius 1 is 0.247 bits per heavy atom. The molecule has 0 bridgehead atoms. The quantitative estimate of drug-likeness (QED) is 0.102. The Bertz CT molecular complexity index is 3890. The molecule has 0 aromatic heterocycles. The van der Waals surface area contributed by atoms with Crippen LogP contribution in [0.3, 0.4) is 0 Å². The highest BCUT2D eigenvalue weighted by atomic mass is 16.1. The molecule has 0 heterocycles. The van der Waals surface area contributed by atoms with Crippen LogP contribution in [-0.2, 0) is 5.41 Å². The second-order valence-electron chi connectivity index (χ2n) is 20.6. The lowest BCUT2D eigenvalue weighted by atomic mass is 9.66. The van der Waals surface area contributed by atoms with Gasteiger partial charge in [0.05, 0.1) is 5.41 Å². The van der Waals surface area contributed by atoms with Crippen LogP contribution in [0.15, 0.2) is 310 Å². The third-order valence-electron chi connectivity index (χ3n) is 15.9. The number of benzene rings is 12. The lowest BCUT2D eigenvalue weighted by Gasteiger charge is -2.35. The molecule has 0 amide bonds. The molecule has 382 valence electrons. The van der Waals surface area contributed by atoms with Crippen molar-refractivity contribution in [2.45, 2.75) is 5.41 Å². The summed E-state index contributed by atoms with van der Waals surface area (Å²) in [6, 6.07) is 100. The van der Waals surface area contributed by atoms with Gasteiger partial charge >= 0.3 is 0 Å². The van der Waals surface area contributed by atoms with Crippen molar-refractivity contribution in [2.24, 2.45) is 0 Å². The van der Waals surface area contributed by atoms with E-state index in [0.717, 1.165) is 89.0 Å². The molecule has 0 saturated carbocycles. The summed E-state index contributed by atoms with van der Waals surface area (Å²) >= 11 is 0. The van der Waals surface area contributed by atoms with Crippen molar-refractivity contribution in [3.8, 4) is 55.6 Å². The van der Waals surface area contributed by atoms with Crippen molar-refractivity contribution in [1.29, 1.82) is 0 Å². The molecule has 0 atom stereocenters. The van der Waals surface area contributed by atoms with Crippen LogP contribution in [0, 0.1) is 0 Å². The number of hydrogen-bond acceptors (Lipinski definition) is 3. The smallest absolute Gasteiger partial charge is 0.193 e. The van der Waals surface area contributed by atoms with E-state index in [0.29, 0.717) is 38.9 Å². The molecule has 0 N–H and O–H groups in total. The van der Waals surface area contributed by atoms with Crippen molar-refractivity contribution in [2.75, 3.05) is 0 Å². The minimum Gasteiger partial charge on any atom is -0.289 e. The Labute approximate surface area is 472 Å². The maximum Gasteiger partial charge on any atom is 0.193 e. The van der Waals surface area contributed by atoms with Gasteiger partial charge in [-0.2, -0.15) is 0 Å². The van der Waals surface area contributed by atoms with Crippen LogP contribution >= 0.6 is 0 Å². The lowest BCUT2D eigenvalue weighted by Crippen LogP contribution is -2.30. The summed E-state index contributed by atoms with van der Waals surface area (Å²) < 4.78 is 0. The van der Waals surface area contributed by atoms with Crippen molar-refractivity contribution < 1.29 is 14.4 Å². The number of carbonyl (C=O) groups excluding carboxylic acids is 3. The van der Waals surface area contributed by atoms with Crippen LogP contribution in [0.2, 0.25) is 0 Å². The van der Waals surface area contributed by atoms with E-state index >= 15 is 14.4 Å². The zero-order valence-electron chi connectivity index (χ0n) is 44.3. The van der Waals surface area contributed by atoms with E-state index in [4.69, 9.17) is 6.58 Å². The van der Waals surface area contributed by atoms with Crippen molar-refractivity contribution in [3.05, 3.63) is 377 Å². The Morgan fingerprint density at radius 2 is 0.494 bits per heavy atom. The second kappa shape index (κ2) is 21.3. The lowest BCUT2D eigenvalue weighted by molar-refractivity contribution is 0.102. The molecule has 0 fully saturated rings. The fourth-order valence-corrected chi connectivity index (χ4v) is 12.2. The highest BCUT2D eigenvalue weighted by Gasteiger charge is 2.47. The molecule has 0 spiro atoms. The highest BCUT2D eigenvalue weighted by Crippen LogP contribution is 2.57. The van der Waals surface area contributed by atoms with Crippen LogP contribution in [0.25, 0.3) is 61.2 Å². The number of rotatable bonds is 14. The van der Waals surface area contributed by atoms with E-state index in [1.807, 2.05) is 231 Å². The molecule has 1 aliphatic carbocycles. The third-order valence-corrected chi connectivity index (χ3v) is 15.9. The van der Waals surface area contributed by atoms with E-state index in [9.17, 15) is 0 Å². The van der Waals surface area contributed by atoms with Crippen LogP contribution < -0.4 is 0 Å². The maximum absolute atomic E-state index is 15.9. The topological polar surface area (TPSA) is 51.2 Å². The standard InChI is InChI=1S/C78H52O3/c1-52(63-34-14-15-35-64(63)53-26-6-2-7-27-53)57-46-58(75(79)70-41-19-16-36-65(70)54-28-8-3-9-29-54)49-61(48-57)78(73-44-24-22-39-68(73)69-40-23-25-45-74(69)78)62-50-59(76(80)71-42-20-17-37-66(71)55-30-10-4-11-31-55)47-60(51-62)77(81)72-43-21-18-38-67(72)56-32-12-5-13-33-56/h2-51H,1H2. The fourth-order valence-electron chi connectivity index (χ4n) is 12.2. The minimum atomic E-state index is -1.22. The van der Waals surface area contributed by atoms with Gasteiger partial charge in [0.2, 0.25) is 0 Å². The third kappa shape index (κ3) is 8.97. The fraction of sp³-hybridized carbons (Fsp3) is 0.0128. The van der Waals surface area contributed by atoms with Crippen LogP contribution in [0.5, 0.6) is 0 Å². The predicted molar refractivity (Wildman–Crippen MR) is 330 cm³/mol. The summed E-state index contributed by atoms with van der Waals surface area (Å²) in [4.78, 5) is 47.7. The first-order valence-corrected chi connectivity index (χ1v) is 27.3. The van der Waals surface area contributed by atoms with Gasteiger partial charge in [0.1, 0.15) is 0 Å². The normalized spacial score (nSPS) is 12.0. The zero-order valence-corrected chi connectivity index (χ0v) is 44.3. The summed E-state index contributed by atoms with van der Waals surface area (Å²) in [5.41, 5.74) is 16.4. The SMILES string of the molecule is C=C(c1cc(C(=O)c2ccccc2-c2ccccc2)cc(C2(c3cc(C(=O)c4ccccc4-c4ccccc4)cc(C(=O)c4ccccc4-c4ccccc4)c3)c3ccccc3-c3ccccc32)c1)c1ccccc1-c1ccccc1. The van der Waals surface area contributed by atoms with Gasteiger partial charge in [-0.1, -0.05) is 273 Å². The largest absolute Gasteiger partial charge is 0.289 e. The number of fused-ring (bicyclic) bond motifs is 3. The minimum absolute atomic E-state index is 0.161. The molecule has 0 unspecified atom stereocenters. The molecule has 0 aliphatic heterocycles. The Morgan fingerprint density at radius 3 is 0.840 bits per heavy atom. The van der Waals surface area contributed by atoms with Gasteiger partial charge in [-0.05, 0) is 131 Å². The van der Waals surface area contributed by atoms with E-state index in [1.165, 1.54) is 0 Å². The van der Waals surface area contributed by atoms with Gasteiger partial charge in [-0.15, -0.1) is 0 Å². The van der Waals surface area contributed by atoms with Crippen molar-refractivity contribution >= 4 is 22.9 Å². The molecule has 81 heavy (non-hydrogen) atoms. The molecule has 1 aliphatic rings. The summed E-state index contributed by atoms with van der Waals surface area (Å²) in [6.07, 6.45) is 0. The van der Waals surface area contributed by atoms with Crippen molar-refractivity contribution in [3.63, 3.8) is 0 Å². The van der Waals surface area contributed by atoms with Gasteiger partial charge in [-0.3, -0.25) is 14.4 Å². The number of carbonyl (C=O) groups is 3. The molecule has 12 aromatic rings.